The third-order valence-electron chi connectivity index (χ3n) is 4.91. The molecule has 0 aromatic heterocycles. The number of hydrogen-bond donors (Lipinski definition) is 2. The molecule has 0 radical (unpaired) electrons. The van der Waals surface area contributed by atoms with E-state index < -0.39 is 0 Å². The highest BCUT2D eigenvalue weighted by Crippen LogP contribution is 2.24. The van der Waals surface area contributed by atoms with Crippen LogP contribution in [-0.2, 0) is 4.79 Å². The van der Waals surface area contributed by atoms with Crippen molar-refractivity contribution in [3.05, 3.63) is 65.2 Å². The lowest BCUT2D eigenvalue weighted by Crippen LogP contribution is -2.44. The van der Waals surface area contributed by atoms with Crippen molar-refractivity contribution in [2.45, 2.75) is 39.3 Å². The van der Waals surface area contributed by atoms with Crippen molar-refractivity contribution >= 4 is 17.6 Å². The summed E-state index contributed by atoms with van der Waals surface area (Å²) >= 11 is 0. The molecule has 0 spiro atoms. The second kappa shape index (κ2) is 7.60. The molecule has 0 aliphatic carbocycles. The number of benzene rings is 2. The van der Waals surface area contributed by atoms with Crippen molar-refractivity contribution in [3.8, 4) is 0 Å². The SMILES string of the molecule is Cc1ccc(N2C[C@H](NC(=O)N[C@@H](C)c3ccccc3)CC2=O)cc1C. The number of anilines is 1. The molecule has 2 N–H and O–H groups in total. The van der Waals surface area contributed by atoms with Crippen LogP contribution in [0, 0.1) is 13.8 Å². The Balaban J connectivity index is 1.58. The van der Waals surface area contributed by atoms with Gasteiger partial charge in [0.1, 0.15) is 0 Å². The predicted molar refractivity (Wildman–Crippen MR) is 103 cm³/mol. The molecule has 136 valence electrons. The minimum absolute atomic E-state index is 0.0367. The largest absolute Gasteiger partial charge is 0.333 e. The van der Waals surface area contributed by atoms with Gasteiger partial charge in [0.15, 0.2) is 0 Å². The first-order valence-electron chi connectivity index (χ1n) is 8.93. The molecular formula is C21H25N3O2. The van der Waals surface area contributed by atoms with Gasteiger partial charge in [0.25, 0.3) is 0 Å². The summed E-state index contributed by atoms with van der Waals surface area (Å²) in [6, 6.07) is 15.3. The number of nitrogens with zero attached hydrogens (tertiary/aromatic N) is 1. The molecule has 0 bridgehead atoms. The Labute approximate surface area is 154 Å². The van der Waals surface area contributed by atoms with E-state index in [0.717, 1.165) is 16.8 Å². The number of nitrogens with one attached hydrogen (secondary N) is 2. The van der Waals surface area contributed by atoms with E-state index in [-0.39, 0.29) is 24.0 Å². The number of hydrogen-bond acceptors (Lipinski definition) is 2. The van der Waals surface area contributed by atoms with Crippen molar-refractivity contribution in [3.63, 3.8) is 0 Å². The lowest BCUT2D eigenvalue weighted by atomic mass is 10.1. The van der Waals surface area contributed by atoms with Gasteiger partial charge >= 0.3 is 6.03 Å². The van der Waals surface area contributed by atoms with Gasteiger partial charge < -0.3 is 15.5 Å². The van der Waals surface area contributed by atoms with E-state index in [1.807, 2.05) is 69.3 Å². The smallest absolute Gasteiger partial charge is 0.315 e. The first kappa shape index (κ1) is 18.0. The van der Waals surface area contributed by atoms with Gasteiger partial charge in [-0.2, -0.15) is 0 Å². The predicted octanol–water partition coefficient (Wildman–Crippen LogP) is 3.47. The quantitative estimate of drug-likeness (QED) is 0.886. The van der Waals surface area contributed by atoms with Crippen molar-refractivity contribution in [2.24, 2.45) is 0 Å². The first-order chi connectivity index (χ1) is 12.4. The zero-order valence-electron chi connectivity index (χ0n) is 15.5. The van der Waals surface area contributed by atoms with Gasteiger partial charge in [0, 0.05) is 18.7 Å². The van der Waals surface area contributed by atoms with Crippen LogP contribution in [0.25, 0.3) is 0 Å². The lowest BCUT2D eigenvalue weighted by molar-refractivity contribution is -0.117. The third-order valence-corrected chi connectivity index (χ3v) is 4.91. The van der Waals surface area contributed by atoms with Crippen LogP contribution in [0.3, 0.4) is 0 Å². The fourth-order valence-corrected chi connectivity index (χ4v) is 3.20. The zero-order chi connectivity index (χ0) is 18.7. The lowest BCUT2D eigenvalue weighted by Gasteiger charge is -2.20. The average Bonchev–Trinajstić information content (AvgIpc) is 2.98. The minimum atomic E-state index is -0.249. The molecule has 1 fully saturated rings. The molecule has 0 saturated carbocycles. The number of urea groups is 1. The van der Waals surface area contributed by atoms with Crippen LogP contribution in [0.2, 0.25) is 0 Å². The van der Waals surface area contributed by atoms with Crippen molar-refractivity contribution in [1.29, 1.82) is 0 Å². The summed E-state index contributed by atoms with van der Waals surface area (Å²) in [5.74, 6) is 0.0367. The van der Waals surface area contributed by atoms with E-state index >= 15 is 0 Å². The monoisotopic (exact) mass is 351 g/mol. The molecule has 2 aromatic rings. The van der Waals surface area contributed by atoms with Gasteiger partial charge in [-0.05, 0) is 49.6 Å². The first-order valence-corrected chi connectivity index (χ1v) is 8.93. The Morgan fingerprint density at radius 2 is 1.85 bits per heavy atom. The summed E-state index contributed by atoms with van der Waals surface area (Å²) in [4.78, 5) is 26.4. The molecule has 2 aromatic carbocycles. The number of amides is 3. The van der Waals surface area contributed by atoms with Gasteiger partial charge in [-0.3, -0.25) is 4.79 Å². The number of aryl methyl sites for hydroxylation is 2. The maximum Gasteiger partial charge on any atom is 0.315 e. The summed E-state index contributed by atoms with van der Waals surface area (Å²) in [6.45, 7) is 6.52. The van der Waals surface area contributed by atoms with E-state index in [4.69, 9.17) is 0 Å². The molecule has 1 aliphatic heterocycles. The molecule has 1 saturated heterocycles. The topological polar surface area (TPSA) is 61.4 Å². The molecule has 2 atom stereocenters. The summed E-state index contributed by atoms with van der Waals surface area (Å²) in [5.41, 5.74) is 4.29. The van der Waals surface area contributed by atoms with Crippen LogP contribution in [0.1, 0.15) is 36.1 Å². The van der Waals surface area contributed by atoms with Crippen molar-refractivity contribution < 1.29 is 9.59 Å². The van der Waals surface area contributed by atoms with Crippen LogP contribution < -0.4 is 15.5 Å². The van der Waals surface area contributed by atoms with E-state index in [1.54, 1.807) is 4.90 Å². The highest BCUT2D eigenvalue weighted by molar-refractivity contribution is 5.97. The molecule has 26 heavy (non-hydrogen) atoms. The van der Waals surface area contributed by atoms with Crippen molar-refractivity contribution in [1.82, 2.24) is 10.6 Å². The normalized spacial score (nSPS) is 17.9. The Kier molecular flexibility index (Phi) is 5.26. The average molecular weight is 351 g/mol. The summed E-state index contributed by atoms with van der Waals surface area (Å²) in [7, 11) is 0. The molecule has 3 amide bonds. The van der Waals surface area contributed by atoms with Gasteiger partial charge in [0.2, 0.25) is 5.91 Å². The third kappa shape index (κ3) is 4.04. The van der Waals surface area contributed by atoms with Gasteiger partial charge in [-0.15, -0.1) is 0 Å². The number of carbonyl (C=O) groups excluding carboxylic acids is 2. The Hall–Kier alpha value is -2.82. The number of carbonyl (C=O) groups is 2. The van der Waals surface area contributed by atoms with E-state index in [0.29, 0.717) is 13.0 Å². The zero-order valence-corrected chi connectivity index (χ0v) is 15.5. The van der Waals surface area contributed by atoms with Gasteiger partial charge in [-0.1, -0.05) is 36.4 Å². The highest BCUT2D eigenvalue weighted by Gasteiger charge is 2.31. The molecule has 1 heterocycles. The molecule has 5 heteroatoms. The van der Waals surface area contributed by atoms with E-state index in [1.165, 1.54) is 5.56 Å². The van der Waals surface area contributed by atoms with Crippen LogP contribution in [0.15, 0.2) is 48.5 Å². The molecule has 1 aliphatic rings. The second-order valence-corrected chi connectivity index (χ2v) is 6.92. The Morgan fingerprint density at radius 1 is 1.12 bits per heavy atom. The van der Waals surface area contributed by atoms with Crippen molar-refractivity contribution in [2.75, 3.05) is 11.4 Å². The van der Waals surface area contributed by atoms with Crippen LogP contribution in [0.4, 0.5) is 10.5 Å². The minimum Gasteiger partial charge on any atom is -0.333 e. The molecule has 5 nitrogen and oxygen atoms in total. The van der Waals surface area contributed by atoms with Crippen LogP contribution in [-0.4, -0.2) is 24.5 Å². The molecular weight excluding hydrogens is 326 g/mol. The Morgan fingerprint density at radius 3 is 2.54 bits per heavy atom. The summed E-state index contributed by atoms with van der Waals surface area (Å²) in [6.07, 6.45) is 0.320. The maximum absolute atomic E-state index is 12.4. The molecule has 0 unspecified atom stereocenters. The maximum atomic E-state index is 12.4. The number of rotatable bonds is 4. The standard InChI is InChI=1S/C21H25N3O2/c1-14-9-10-19(11-15(14)2)24-13-18(12-20(24)25)23-21(26)22-16(3)17-7-5-4-6-8-17/h4-11,16,18H,12-13H2,1-3H3,(H2,22,23,26)/t16-,18+/m0/s1. The van der Waals surface area contributed by atoms with Gasteiger partial charge in [-0.25, -0.2) is 4.79 Å². The van der Waals surface area contributed by atoms with Crippen LogP contribution in [0.5, 0.6) is 0 Å². The van der Waals surface area contributed by atoms with Gasteiger partial charge in [0.05, 0.1) is 12.1 Å². The van der Waals surface area contributed by atoms with Crippen LogP contribution >= 0.6 is 0 Å². The fourth-order valence-electron chi connectivity index (χ4n) is 3.20. The fraction of sp³-hybridized carbons (Fsp3) is 0.333. The molecule has 3 rings (SSSR count). The highest BCUT2D eigenvalue weighted by atomic mass is 16.2. The summed E-state index contributed by atoms with van der Waals surface area (Å²) < 4.78 is 0. The Bertz CT molecular complexity index is 804. The summed E-state index contributed by atoms with van der Waals surface area (Å²) in [5, 5.41) is 5.85. The van der Waals surface area contributed by atoms with E-state index in [9.17, 15) is 9.59 Å². The van der Waals surface area contributed by atoms with E-state index in [2.05, 4.69) is 10.6 Å². The second-order valence-electron chi connectivity index (χ2n) is 6.92.